The first-order valence-corrected chi connectivity index (χ1v) is 10.3. The van der Waals surface area contributed by atoms with Crippen molar-refractivity contribution in [3.63, 3.8) is 0 Å². The molecular weight excluding hydrogens is 392 g/mol. The smallest absolute Gasteiger partial charge is 0.318 e. The number of benzene rings is 1. The fraction of sp³-hybridized carbons (Fsp3) is 0.500. The maximum Gasteiger partial charge on any atom is 0.318 e. The minimum Gasteiger partial charge on any atom is -0.408 e. The molecule has 5 rings (SSSR count). The molecule has 1 atom stereocenters. The Morgan fingerprint density at radius 1 is 1.07 bits per heavy atom. The molecular formula is C20H23F2N7O. The molecule has 1 saturated heterocycles. The molecule has 0 amide bonds. The van der Waals surface area contributed by atoms with E-state index in [0.29, 0.717) is 17.9 Å². The van der Waals surface area contributed by atoms with Gasteiger partial charge in [-0.25, -0.2) is 13.5 Å². The number of rotatable bonds is 4. The number of aryl methyl sites for hydroxylation is 2. The number of nitrogens with one attached hydrogen (secondary N) is 1. The second kappa shape index (κ2) is 7.66. The summed E-state index contributed by atoms with van der Waals surface area (Å²) < 4.78 is 34.4. The molecule has 2 aliphatic heterocycles. The second-order valence-electron chi connectivity index (χ2n) is 7.89. The SMILES string of the molecule is Cc1nnc(N2CCC(Nc3nc4n(n3)CCCC4c3ccc(F)c(F)c3)CC2)o1. The summed E-state index contributed by atoms with van der Waals surface area (Å²) >= 11 is 0. The predicted octanol–water partition coefficient (Wildman–Crippen LogP) is 3.25. The van der Waals surface area contributed by atoms with Crippen LogP contribution in [0.1, 0.15) is 48.9 Å². The number of aromatic nitrogens is 5. The van der Waals surface area contributed by atoms with E-state index in [9.17, 15) is 8.78 Å². The van der Waals surface area contributed by atoms with Crippen LogP contribution in [-0.4, -0.2) is 44.1 Å². The van der Waals surface area contributed by atoms with E-state index < -0.39 is 11.6 Å². The van der Waals surface area contributed by atoms with Crippen LogP contribution in [0.5, 0.6) is 0 Å². The van der Waals surface area contributed by atoms with Crippen LogP contribution in [0.3, 0.4) is 0 Å². The highest BCUT2D eigenvalue weighted by molar-refractivity contribution is 5.34. The lowest BCUT2D eigenvalue weighted by atomic mass is 9.91. The Hall–Kier alpha value is -3.04. The van der Waals surface area contributed by atoms with Crippen LogP contribution in [0.2, 0.25) is 0 Å². The summed E-state index contributed by atoms with van der Waals surface area (Å²) in [5, 5.41) is 16.0. The van der Waals surface area contributed by atoms with Gasteiger partial charge in [0.05, 0.1) is 0 Å². The van der Waals surface area contributed by atoms with E-state index >= 15 is 0 Å². The van der Waals surface area contributed by atoms with Crippen molar-refractivity contribution in [2.75, 3.05) is 23.3 Å². The van der Waals surface area contributed by atoms with Gasteiger partial charge in [0.25, 0.3) is 0 Å². The molecule has 0 radical (unpaired) electrons. The second-order valence-corrected chi connectivity index (χ2v) is 7.89. The van der Waals surface area contributed by atoms with Gasteiger partial charge in [-0.2, -0.15) is 4.98 Å². The molecule has 1 fully saturated rings. The van der Waals surface area contributed by atoms with Gasteiger partial charge < -0.3 is 14.6 Å². The van der Waals surface area contributed by atoms with Gasteiger partial charge in [0, 0.05) is 38.5 Å². The quantitative estimate of drug-likeness (QED) is 0.700. The molecule has 158 valence electrons. The third kappa shape index (κ3) is 3.61. The highest BCUT2D eigenvalue weighted by Gasteiger charge is 2.28. The van der Waals surface area contributed by atoms with Crippen LogP contribution in [0.25, 0.3) is 0 Å². The van der Waals surface area contributed by atoms with Crippen LogP contribution in [0.15, 0.2) is 22.6 Å². The first kappa shape index (κ1) is 19.0. The summed E-state index contributed by atoms with van der Waals surface area (Å²) in [4.78, 5) is 6.79. The Bertz CT molecular complexity index is 1040. The van der Waals surface area contributed by atoms with Crippen molar-refractivity contribution in [3.05, 3.63) is 47.1 Å². The third-order valence-electron chi connectivity index (χ3n) is 5.83. The summed E-state index contributed by atoms with van der Waals surface area (Å²) in [6, 6.07) is 4.90. The van der Waals surface area contributed by atoms with E-state index in [4.69, 9.17) is 9.40 Å². The third-order valence-corrected chi connectivity index (χ3v) is 5.83. The fourth-order valence-corrected chi connectivity index (χ4v) is 4.27. The van der Waals surface area contributed by atoms with Gasteiger partial charge in [-0.05, 0) is 43.4 Å². The van der Waals surface area contributed by atoms with Gasteiger partial charge >= 0.3 is 6.01 Å². The van der Waals surface area contributed by atoms with Crippen LogP contribution < -0.4 is 10.2 Å². The van der Waals surface area contributed by atoms with E-state index in [1.54, 1.807) is 13.0 Å². The number of hydrogen-bond acceptors (Lipinski definition) is 7. The summed E-state index contributed by atoms with van der Waals surface area (Å²) in [6.45, 7) is 4.18. The standard InChI is InChI=1S/C20H23F2N7O/c1-12-25-26-20(30-12)28-9-6-14(7-10-28)23-19-24-18-15(3-2-8-29(18)27-19)13-4-5-16(21)17(22)11-13/h4-5,11,14-15H,2-3,6-10H2,1H3,(H,23,27). The zero-order valence-corrected chi connectivity index (χ0v) is 16.7. The Morgan fingerprint density at radius 2 is 1.90 bits per heavy atom. The molecule has 0 saturated carbocycles. The molecule has 0 bridgehead atoms. The number of fused-ring (bicyclic) bond motifs is 1. The molecule has 4 heterocycles. The molecule has 3 aromatic rings. The lowest BCUT2D eigenvalue weighted by molar-refractivity contribution is 0.442. The molecule has 30 heavy (non-hydrogen) atoms. The average molecular weight is 415 g/mol. The monoisotopic (exact) mass is 415 g/mol. The van der Waals surface area contributed by atoms with Crippen LogP contribution >= 0.6 is 0 Å². The number of halogens is 2. The van der Waals surface area contributed by atoms with Crippen molar-refractivity contribution in [2.45, 2.75) is 51.1 Å². The topological polar surface area (TPSA) is 84.9 Å². The predicted molar refractivity (Wildman–Crippen MR) is 105 cm³/mol. The van der Waals surface area contributed by atoms with Gasteiger partial charge in [0.2, 0.25) is 11.8 Å². The summed E-state index contributed by atoms with van der Waals surface area (Å²) in [5.74, 6) is 0.208. The average Bonchev–Trinajstić information content (AvgIpc) is 3.36. The molecule has 1 aromatic carbocycles. The number of piperidine rings is 1. The fourth-order valence-electron chi connectivity index (χ4n) is 4.27. The Labute approximate surface area is 172 Å². The summed E-state index contributed by atoms with van der Waals surface area (Å²) in [7, 11) is 0. The molecule has 0 spiro atoms. The van der Waals surface area contributed by atoms with E-state index in [0.717, 1.165) is 56.7 Å². The Balaban J connectivity index is 1.27. The van der Waals surface area contributed by atoms with Gasteiger partial charge in [-0.1, -0.05) is 11.2 Å². The van der Waals surface area contributed by atoms with Crippen molar-refractivity contribution in [1.82, 2.24) is 25.0 Å². The minimum absolute atomic E-state index is 0.0838. The molecule has 0 aliphatic carbocycles. The highest BCUT2D eigenvalue weighted by atomic mass is 19.2. The lowest BCUT2D eigenvalue weighted by Gasteiger charge is -2.30. The maximum absolute atomic E-state index is 13.7. The minimum atomic E-state index is -0.833. The van der Waals surface area contributed by atoms with Crippen molar-refractivity contribution in [1.29, 1.82) is 0 Å². The summed E-state index contributed by atoms with van der Waals surface area (Å²) in [6.07, 6.45) is 3.56. The summed E-state index contributed by atoms with van der Waals surface area (Å²) in [5.41, 5.74) is 0.733. The largest absolute Gasteiger partial charge is 0.408 e. The van der Waals surface area contributed by atoms with E-state index in [1.807, 2.05) is 4.68 Å². The zero-order chi connectivity index (χ0) is 20.7. The molecule has 8 nitrogen and oxygen atoms in total. The van der Waals surface area contributed by atoms with E-state index in [1.165, 1.54) is 12.1 Å². The number of anilines is 2. The lowest BCUT2D eigenvalue weighted by Crippen LogP contribution is -2.39. The first-order chi connectivity index (χ1) is 14.6. The van der Waals surface area contributed by atoms with Gasteiger partial charge in [-0.15, -0.1) is 10.2 Å². The van der Waals surface area contributed by atoms with Crippen molar-refractivity contribution in [3.8, 4) is 0 Å². The molecule has 10 heteroatoms. The molecule has 1 unspecified atom stereocenters. The van der Waals surface area contributed by atoms with Crippen LogP contribution in [-0.2, 0) is 6.54 Å². The van der Waals surface area contributed by atoms with E-state index in [-0.39, 0.29) is 12.0 Å². The van der Waals surface area contributed by atoms with Gasteiger partial charge in [0.15, 0.2) is 11.6 Å². The van der Waals surface area contributed by atoms with E-state index in [2.05, 4.69) is 25.5 Å². The highest BCUT2D eigenvalue weighted by Crippen LogP contribution is 2.33. The van der Waals surface area contributed by atoms with Crippen molar-refractivity contribution >= 4 is 12.0 Å². The van der Waals surface area contributed by atoms with Crippen LogP contribution in [0.4, 0.5) is 20.7 Å². The molecule has 2 aliphatic rings. The van der Waals surface area contributed by atoms with Crippen molar-refractivity contribution < 1.29 is 13.2 Å². The van der Waals surface area contributed by atoms with Gasteiger partial charge in [-0.3, -0.25) is 0 Å². The van der Waals surface area contributed by atoms with Gasteiger partial charge in [0.1, 0.15) is 5.82 Å². The Morgan fingerprint density at radius 3 is 2.63 bits per heavy atom. The maximum atomic E-state index is 13.7. The first-order valence-electron chi connectivity index (χ1n) is 10.3. The molecule has 2 aromatic heterocycles. The number of nitrogens with zero attached hydrogens (tertiary/aromatic N) is 6. The normalized spacial score (nSPS) is 19.7. The molecule has 1 N–H and O–H groups in total. The van der Waals surface area contributed by atoms with Crippen molar-refractivity contribution in [2.24, 2.45) is 0 Å². The Kier molecular flexibility index (Phi) is 4.84. The van der Waals surface area contributed by atoms with Crippen LogP contribution in [0, 0.1) is 18.6 Å². The number of hydrogen-bond donors (Lipinski definition) is 1. The zero-order valence-electron chi connectivity index (χ0n) is 16.7.